The lowest BCUT2D eigenvalue weighted by Crippen LogP contribution is -2.46. The number of hydrogen-bond acceptors (Lipinski definition) is 3. The molecule has 0 spiro atoms. The predicted molar refractivity (Wildman–Crippen MR) is 69.0 cm³/mol. The summed E-state index contributed by atoms with van der Waals surface area (Å²) in [6, 6.07) is 3.78. The summed E-state index contributed by atoms with van der Waals surface area (Å²) in [5.74, 6) is 0. The highest BCUT2D eigenvalue weighted by Gasteiger charge is 2.30. The molecule has 2 aliphatic rings. The van der Waals surface area contributed by atoms with Crippen LogP contribution in [0.15, 0.2) is 11.4 Å². The minimum Gasteiger partial charge on any atom is -0.317 e. The van der Waals surface area contributed by atoms with Crippen LogP contribution in [0, 0.1) is 0 Å². The van der Waals surface area contributed by atoms with Crippen molar-refractivity contribution in [3.63, 3.8) is 0 Å². The van der Waals surface area contributed by atoms with Crippen LogP contribution in [0.3, 0.4) is 0 Å². The third-order valence-corrected chi connectivity index (χ3v) is 5.10. The second-order valence-electron chi connectivity index (χ2n) is 4.94. The summed E-state index contributed by atoms with van der Waals surface area (Å²) in [5, 5.41) is 5.72. The highest BCUT2D eigenvalue weighted by Crippen LogP contribution is 2.35. The van der Waals surface area contributed by atoms with E-state index in [2.05, 4.69) is 28.6 Å². The average molecular weight is 236 g/mol. The van der Waals surface area contributed by atoms with Crippen LogP contribution in [0.2, 0.25) is 0 Å². The van der Waals surface area contributed by atoms with Gasteiger partial charge >= 0.3 is 0 Å². The molecule has 2 aliphatic heterocycles. The van der Waals surface area contributed by atoms with Crippen molar-refractivity contribution in [2.45, 2.75) is 38.3 Å². The summed E-state index contributed by atoms with van der Waals surface area (Å²) in [5.41, 5.74) is 1.59. The van der Waals surface area contributed by atoms with E-state index >= 15 is 0 Å². The van der Waals surface area contributed by atoms with E-state index in [1.54, 1.807) is 10.4 Å². The molecule has 1 saturated heterocycles. The zero-order valence-electron chi connectivity index (χ0n) is 9.91. The van der Waals surface area contributed by atoms with Crippen molar-refractivity contribution in [1.82, 2.24) is 10.2 Å². The molecule has 1 fully saturated rings. The van der Waals surface area contributed by atoms with Gasteiger partial charge in [-0.15, -0.1) is 11.3 Å². The van der Waals surface area contributed by atoms with Crippen molar-refractivity contribution in [3.05, 3.63) is 21.9 Å². The lowest BCUT2D eigenvalue weighted by atomic mass is 9.95. The first kappa shape index (κ1) is 10.8. The van der Waals surface area contributed by atoms with Gasteiger partial charge < -0.3 is 5.32 Å². The molecule has 16 heavy (non-hydrogen) atoms. The molecule has 1 N–H and O–H groups in total. The second kappa shape index (κ2) is 4.47. The second-order valence-corrected chi connectivity index (χ2v) is 5.94. The van der Waals surface area contributed by atoms with Crippen LogP contribution in [0.5, 0.6) is 0 Å². The third-order valence-electron chi connectivity index (χ3n) is 4.10. The number of nitrogens with one attached hydrogen (secondary N) is 1. The zero-order valence-corrected chi connectivity index (χ0v) is 10.7. The summed E-state index contributed by atoms with van der Waals surface area (Å²) < 4.78 is 0. The van der Waals surface area contributed by atoms with Crippen LogP contribution in [0.1, 0.15) is 36.2 Å². The van der Waals surface area contributed by atoms with Gasteiger partial charge in [0.2, 0.25) is 0 Å². The lowest BCUT2D eigenvalue weighted by molar-refractivity contribution is 0.110. The number of rotatable bonds is 1. The number of thiophene rings is 1. The largest absolute Gasteiger partial charge is 0.317 e. The molecule has 0 aromatic carbocycles. The van der Waals surface area contributed by atoms with E-state index in [0.29, 0.717) is 6.04 Å². The monoisotopic (exact) mass is 236 g/mol. The van der Waals surface area contributed by atoms with Crippen LogP contribution in [-0.2, 0) is 6.42 Å². The molecule has 3 heteroatoms. The van der Waals surface area contributed by atoms with E-state index in [4.69, 9.17) is 0 Å². The summed E-state index contributed by atoms with van der Waals surface area (Å²) in [6.07, 6.45) is 3.91. The molecule has 3 heterocycles. The Balaban J connectivity index is 1.78. The molecule has 3 rings (SSSR count). The SMILES string of the molecule is CC1c2ccsc2CCN1C1CCNCC1. The topological polar surface area (TPSA) is 15.3 Å². The Kier molecular flexibility index (Phi) is 3.01. The van der Waals surface area contributed by atoms with Crippen molar-refractivity contribution in [2.24, 2.45) is 0 Å². The molecule has 0 aliphatic carbocycles. The molecule has 0 saturated carbocycles. The zero-order chi connectivity index (χ0) is 11.0. The van der Waals surface area contributed by atoms with Gasteiger partial charge in [-0.25, -0.2) is 0 Å². The molecule has 0 amide bonds. The van der Waals surface area contributed by atoms with Gasteiger partial charge in [-0.1, -0.05) is 0 Å². The van der Waals surface area contributed by atoms with Crippen molar-refractivity contribution in [2.75, 3.05) is 19.6 Å². The van der Waals surface area contributed by atoms with Gasteiger partial charge in [-0.3, -0.25) is 4.90 Å². The minimum atomic E-state index is 0.637. The highest BCUT2D eigenvalue weighted by atomic mass is 32.1. The van der Waals surface area contributed by atoms with Gasteiger partial charge in [0.15, 0.2) is 0 Å². The number of fused-ring (bicyclic) bond motifs is 1. The molecule has 1 unspecified atom stereocenters. The van der Waals surface area contributed by atoms with Gasteiger partial charge in [0.05, 0.1) is 0 Å². The molecule has 0 bridgehead atoms. The Hall–Kier alpha value is -0.380. The van der Waals surface area contributed by atoms with E-state index < -0.39 is 0 Å². The Morgan fingerprint density at radius 1 is 1.38 bits per heavy atom. The van der Waals surface area contributed by atoms with Crippen molar-refractivity contribution in [3.8, 4) is 0 Å². The summed E-state index contributed by atoms with van der Waals surface area (Å²) in [4.78, 5) is 4.35. The van der Waals surface area contributed by atoms with E-state index in [1.807, 2.05) is 11.3 Å². The number of hydrogen-bond donors (Lipinski definition) is 1. The van der Waals surface area contributed by atoms with Crippen molar-refractivity contribution >= 4 is 11.3 Å². The summed E-state index contributed by atoms with van der Waals surface area (Å²) >= 11 is 1.94. The van der Waals surface area contributed by atoms with Gasteiger partial charge in [-0.2, -0.15) is 0 Å². The average Bonchev–Trinajstić information content (AvgIpc) is 2.80. The maximum atomic E-state index is 3.46. The summed E-state index contributed by atoms with van der Waals surface area (Å²) in [7, 11) is 0. The van der Waals surface area contributed by atoms with Crippen LogP contribution >= 0.6 is 11.3 Å². The molecule has 88 valence electrons. The highest BCUT2D eigenvalue weighted by molar-refractivity contribution is 7.10. The standard InChI is InChI=1S/C13H20N2S/c1-10-12-5-9-16-13(12)4-8-15(10)11-2-6-14-7-3-11/h5,9-11,14H,2-4,6-8H2,1H3. The molecule has 1 atom stereocenters. The first-order chi connectivity index (χ1) is 7.86. The fraction of sp³-hybridized carbons (Fsp3) is 0.692. The van der Waals surface area contributed by atoms with E-state index in [1.165, 1.54) is 38.9 Å². The van der Waals surface area contributed by atoms with E-state index in [0.717, 1.165) is 6.04 Å². The molecule has 0 radical (unpaired) electrons. The van der Waals surface area contributed by atoms with Gasteiger partial charge in [0.1, 0.15) is 0 Å². The Labute approximate surface area is 102 Å². The first-order valence-electron chi connectivity index (χ1n) is 6.39. The summed E-state index contributed by atoms with van der Waals surface area (Å²) in [6.45, 7) is 6.04. The van der Waals surface area contributed by atoms with Gasteiger partial charge in [-0.05, 0) is 56.3 Å². The normalized spacial score (nSPS) is 27.9. The maximum absolute atomic E-state index is 3.46. The Morgan fingerprint density at radius 2 is 2.19 bits per heavy atom. The molecule has 1 aromatic rings. The molecular formula is C13H20N2S. The van der Waals surface area contributed by atoms with Crippen LogP contribution in [0.25, 0.3) is 0 Å². The smallest absolute Gasteiger partial charge is 0.0333 e. The predicted octanol–water partition coefficient (Wildman–Crippen LogP) is 2.42. The number of piperidine rings is 1. The first-order valence-corrected chi connectivity index (χ1v) is 7.27. The maximum Gasteiger partial charge on any atom is 0.0333 e. The fourth-order valence-electron chi connectivity index (χ4n) is 3.17. The van der Waals surface area contributed by atoms with Crippen molar-refractivity contribution < 1.29 is 0 Å². The van der Waals surface area contributed by atoms with Gasteiger partial charge in [0.25, 0.3) is 0 Å². The van der Waals surface area contributed by atoms with E-state index in [9.17, 15) is 0 Å². The Morgan fingerprint density at radius 3 is 3.00 bits per heavy atom. The van der Waals surface area contributed by atoms with Crippen LogP contribution < -0.4 is 5.32 Å². The van der Waals surface area contributed by atoms with E-state index in [-0.39, 0.29) is 0 Å². The number of nitrogens with zero attached hydrogens (tertiary/aromatic N) is 1. The molecular weight excluding hydrogens is 216 g/mol. The lowest BCUT2D eigenvalue weighted by Gasteiger charge is -2.41. The van der Waals surface area contributed by atoms with Crippen LogP contribution in [0.4, 0.5) is 0 Å². The Bertz CT molecular complexity index is 355. The quantitative estimate of drug-likeness (QED) is 0.805. The third kappa shape index (κ3) is 1.81. The van der Waals surface area contributed by atoms with Crippen molar-refractivity contribution in [1.29, 1.82) is 0 Å². The minimum absolute atomic E-state index is 0.637. The molecule has 1 aromatic heterocycles. The van der Waals surface area contributed by atoms with Crippen LogP contribution in [-0.4, -0.2) is 30.6 Å². The fourth-order valence-corrected chi connectivity index (χ4v) is 4.13. The molecule has 2 nitrogen and oxygen atoms in total. The van der Waals surface area contributed by atoms with Gasteiger partial charge in [0, 0.05) is 23.5 Å².